The van der Waals surface area contributed by atoms with E-state index in [1.165, 1.54) is 0 Å². The molecule has 4 nitrogen and oxygen atoms in total. The van der Waals surface area contributed by atoms with Gasteiger partial charge in [-0.1, -0.05) is 46.3 Å². The summed E-state index contributed by atoms with van der Waals surface area (Å²) in [5, 5.41) is 2.77. The second kappa shape index (κ2) is 7.75. The lowest BCUT2D eigenvalue weighted by molar-refractivity contribution is 0.102. The Labute approximate surface area is 148 Å². The molecule has 0 spiro atoms. The summed E-state index contributed by atoms with van der Waals surface area (Å²) < 4.78 is 6.83. The normalized spacial score (nSPS) is 10.2. The number of nitrogens with zero attached hydrogens (tertiary/aromatic N) is 1. The average Bonchev–Trinajstić information content (AvgIpc) is 2.61. The van der Waals surface area contributed by atoms with Gasteiger partial charge in [0.15, 0.2) is 0 Å². The molecule has 5 heteroatoms. The van der Waals surface area contributed by atoms with Crippen LogP contribution in [0.1, 0.15) is 15.9 Å². The van der Waals surface area contributed by atoms with Crippen LogP contribution in [-0.4, -0.2) is 10.9 Å². The highest BCUT2D eigenvalue weighted by Crippen LogP contribution is 2.21. The van der Waals surface area contributed by atoms with E-state index in [2.05, 4.69) is 26.2 Å². The molecule has 1 aromatic heterocycles. The van der Waals surface area contributed by atoms with E-state index < -0.39 is 0 Å². The second-order valence-corrected chi connectivity index (χ2v) is 6.00. The van der Waals surface area contributed by atoms with Crippen LogP contribution in [0, 0.1) is 0 Å². The summed E-state index contributed by atoms with van der Waals surface area (Å²) >= 11 is 3.44. The maximum absolute atomic E-state index is 12.5. The summed E-state index contributed by atoms with van der Waals surface area (Å²) in [6.45, 7) is 0.382. The van der Waals surface area contributed by atoms with Crippen molar-refractivity contribution in [3.8, 4) is 5.75 Å². The van der Waals surface area contributed by atoms with Crippen LogP contribution < -0.4 is 10.1 Å². The summed E-state index contributed by atoms with van der Waals surface area (Å²) in [7, 11) is 0. The standard InChI is InChI=1S/C19H15BrN2O2/c20-15-7-5-6-14(12-15)13-24-17-9-2-1-8-16(17)19(23)22-18-10-3-4-11-21-18/h1-12H,13H2,(H,21,22,23). The molecule has 0 aliphatic heterocycles. The van der Waals surface area contributed by atoms with Crippen molar-refractivity contribution in [1.82, 2.24) is 4.98 Å². The quantitative estimate of drug-likeness (QED) is 0.696. The van der Waals surface area contributed by atoms with Gasteiger partial charge in [0.1, 0.15) is 18.2 Å². The zero-order valence-electron chi connectivity index (χ0n) is 12.8. The highest BCUT2D eigenvalue weighted by atomic mass is 79.9. The number of nitrogens with one attached hydrogen (secondary N) is 1. The Kier molecular flexibility index (Phi) is 5.23. The number of carbonyl (C=O) groups excluding carboxylic acids is 1. The predicted octanol–water partition coefficient (Wildman–Crippen LogP) is 4.68. The van der Waals surface area contributed by atoms with E-state index in [4.69, 9.17) is 4.74 Å². The Morgan fingerprint density at radius 1 is 1.04 bits per heavy atom. The first-order valence-corrected chi connectivity index (χ1v) is 8.20. The minimum atomic E-state index is -0.251. The Morgan fingerprint density at radius 2 is 1.88 bits per heavy atom. The Morgan fingerprint density at radius 3 is 2.67 bits per heavy atom. The number of rotatable bonds is 5. The first-order valence-electron chi connectivity index (χ1n) is 7.41. The zero-order chi connectivity index (χ0) is 16.8. The number of aromatic nitrogens is 1. The minimum absolute atomic E-state index is 0.251. The van der Waals surface area contributed by atoms with Crippen LogP contribution in [0.2, 0.25) is 0 Å². The minimum Gasteiger partial charge on any atom is -0.488 e. The van der Waals surface area contributed by atoms with Gasteiger partial charge < -0.3 is 10.1 Å². The van der Waals surface area contributed by atoms with E-state index in [1.807, 2.05) is 36.4 Å². The van der Waals surface area contributed by atoms with Crippen LogP contribution in [0.3, 0.4) is 0 Å². The van der Waals surface area contributed by atoms with Crippen LogP contribution >= 0.6 is 15.9 Å². The number of amides is 1. The molecule has 0 unspecified atom stereocenters. The van der Waals surface area contributed by atoms with Crippen molar-refractivity contribution in [1.29, 1.82) is 0 Å². The number of ether oxygens (including phenoxy) is 1. The highest BCUT2D eigenvalue weighted by Gasteiger charge is 2.13. The largest absolute Gasteiger partial charge is 0.488 e. The fourth-order valence-corrected chi connectivity index (χ4v) is 2.63. The zero-order valence-corrected chi connectivity index (χ0v) is 14.4. The average molecular weight is 383 g/mol. The van der Waals surface area contributed by atoms with Gasteiger partial charge in [-0.15, -0.1) is 0 Å². The van der Waals surface area contributed by atoms with Crippen molar-refractivity contribution in [3.05, 3.63) is 88.5 Å². The summed E-state index contributed by atoms with van der Waals surface area (Å²) in [6.07, 6.45) is 1.63. The monoisotopic (exact) mass is 382 g/mol. The number of pyridine rings is 1. The molecule has 3 rings (SSSR count). The van der Waals surface area contributed by atoms with Crippen molar-refractivity contribution in [2.75, 3.05) is 5.32 Å². The van der Waals surface area contributed by atoms with Crippen LogP contribution in [-0.2, 0) is 6.61 Å². The Balaban J connectivity index is 1.74. The third-order valence-electron chi connectivity index (χ3n) is 3.32. The number of anilines is 1. The second-order valence-electron chi connectivity index (χ2n) is 5.08. The van der Waals surface area contributed by atoms with E-state index in [1.54, 1.807) is 36.5 Å². The molecular formula is C19H15BrN2O2. The maximum atomic E-state index is 12.5. The van der Waals surface area contributed by atoms with Gasteiger partial charge in [-0.2, -0.15) is 0 Å². The molecule has 1 amide bonds. The molecule has 2 aromatic carbocycles. The molecule has 1 heterocycles. The summed E-state index contributed by atoms with van der Waals surface area (Å²) in [5.74, 6) is 0.786. The van der Waals surface area contributed by atoms with Gasteiger partial charge in [0.25, 0.3) is 5.91 Å². The van der Waals surface area contributed by atoms with Crippen molar-refractivity contribution in [3.63, 3.8) is 0 Å². The molecule has 0 saturated carbocycles. The third-order valence-corrected chi connectivity index (χ3v) is 3.81. The van der Waals surface area contributed by atoms with Gasteiger partial charge in [0, 0.05) is 10.7 Å². The third kappa shape index (κ3) is 4.20. The van der Waals surface area contributed by atoms with Gasteiger partial charge in [-0.3, -0.25) is 4.79 Å². The summed E-state index contributed by atoms with van der Waals surface area (Å²) in [5.41, 5.74) is 1.49. The number of para-hydroxylation sites is 1. The van der Waals surface area contributed by atoms with Crippen molar-refractivity contribution < 1.29 is 9.53 Å². The van der Waals surface area contributed by atoms with E-state index in [-0.39, 0.29) is 5.91 Å². The van der Waals surface area contributed by atoms with Crippen LogP contribution in [0.25, 0.3) is 0 Å². The molecule has 0 aliphatic carbocycles. The maximum Gasteiger partial charge on any atom is 0.260 e. The van der Waals surface area contributed by atoms with E-state index in [9.17, 15) is 4.79 Å². The lowest BCUT2D eigenvalue weighted by Crippen LogP contribution is -2.14. The Hall–Kier alpha value is -2.66. The van der Waals surface area contributed by atoms with E-state index in [0.29, 0.717) is 23.7 Å². The first-order chi connectivity index (χ1) is 11.7. The van der Waals surface area contributed by atoms with Crippen LogP contribution in [0.15, 0.2) is 77.4 Å². The fourth-order valence-electron chi connectivity index (χ4n) is 2.19. The molecule has 0 fully saturated rings. The molecule has 0 radical (unpaired) electrons. The van der Waals surface area contributed by atoms with Crippen molar-refractivity contribution in [2.45, 2.75) is 6.61 Å². The van der Waals surface area contributed by atoms with Crippen LogP contribution in [0.4, 0.5) is 5.82 Å². The molecule has 3 aromatic rings. The number of hydrogen-bond donors (Lipinski definition) is 1. The molecule has 0 saturated heterocycles. The van der Waals surface area contributed by atoms with E-state index >= 15 is 0 Å². The number of hydrogen-bond acceptors (Lipinski definition) is 3. The molecule has 24 heavy (non-hydrogen) atoms. The fraction of sp³-hybridized carbons (Fsp3) is 0.0526. The molecule has 1 N–H and O–H groups in total. The first kappa shape index (κ1) is 16.2. The lowest BCUT2D eigenvalue weighted by atomic mass is 10.2. The summed E-state index contributed by atoms with van der Waals surface area (Å²) in [6, 6.07) is 20.4. The smallest absolute Gasteiger partial charge is 0.260 e. The highest BCUT2D eigenvalue weighted by molar-refractivity contribution is 9.10. The number of carbonyl (C=O) groups is 1. The van der Waals surface area contributed by atoms with Gasteiger partial charge in [-0.05, 0) is 42.0 Å². The summed E-state index contributed by atoms with van der Waals surface area (Å²) in [4.78, 5) is 16.6. The SMILES string of the molecule is O=C(Nc1ccccn1)c1ccccc1OCc1cccc(Br)c1. The lowest BCUT2D eigenvalue weighted by Gasteiger charge is -2.11. The van der Waals surface area contributed by atoms with Crippen LogP contribution in [0.5, 0.6) is 5.75 Å². The number of benzene rings is 2. The molecule has 120 valence electrons. The van der Waals surface area contributed by atoms with E-state index in [0.717, 1.165) is 10.0 Å². The molecule has 0 aliphatic rings. The van der Waals surface area contributed by atoms with Gasteiger partial charge in [-0.25, -0.2) is 4.98 Å². The molecular weight excluding hydrogens is 368 g/mol. The number of halogens is 1. The van der Waals surface area contributed by atoms with Gasteiger partial charge in [0.05, 0.1) is 5.56 Å². The van der Waals surface area contributed by atoms with Crippen molar-refractivity contribution in [2.24, 2.45) is 0 Å². The molecule has 0 bridgehead atoms. The van der Waals surface area contributed by atoms with Gasteiger partial charge >= 0.3 is 0 Å². The van der Waals surface area contributed by atoms with Gasteiger partial charge in [0.2, 0.25) is 0 Å². The molecule has 0 atom stereocenters. The van der Waals surface area contributed by atoms with Crippen molar-refractivity contribution >= 4 is 27.7 Å². The predicted molar refractivity (Wildman–Crippen MR) is 97.1 cm³/mol. The Bertz CT molecular complexity index is 838. The topological polar surface area (TPSA) is 51.2 Å².